The molecule has 0 saturated heterocycles. The normalized spacial score (nSPS) is 56.3. The maximum atomic E-state index is 11.8. The van der Waals surface area contributed by atoms with Crippen LogP contribution in [-0.2, 0) is 4.79 Å². The number of aliphatic hydroxyl groups is 3. The van der Waals surface area contributed by atoms with Crippen LogP contribution in [0, 0.1) is 28.6 Å². The van der Waals surface area contributed by atoms with Crippen molar-refractivity contribution in [1.29, 1.82) is 0 Å². The Kier molecular flexibility index (Phi) is 3.30. The molecule has 0 heterocycles. The molecule has 0 aromatic carbocycles. The molecule has 3 N–H and O–H groups in total. The van der Waals surface area contributed by atoms with Gasteiger partial charge in [-0.15, -0.1) is 0 Å². The van der Waals surface area contributed by atoms with E-state index in [9.17, 15) is 20.1 Å². The molecule has 4 heteroatoms. The van der Waals surface area contributed by atoms with Crippen LogP contribution in [0.1, 0.15) is 46.5 Å². The highest BCUT2D eigenvalue weighted by Gasteiger charge is 2.66. The summed E-state index contributed by atoms with van der Waals surface area (Å²) in [6.07, 6.45) is 6.93. The average Bonchev–Trinajstić information content (AvgIpc) is 2.69. The van der Waals surface area contributed by atoms with Gasteiger partial charge in [-0.1, -0.05) is 19.9 Å². The summed E-state index contributed by atoms with van der Waals surface area (Å²) in [5, 5.41) is 32.1. The largest absolute Gasteiger partial charge is 0.390 e. The van der Waals surface area contributed by atoms with Gasteiger partial charge in [-0.2, -0.15) is 0 Å². The van der Waals surface area contributed by atoms with Crippen molar-refractivity contribution in [3.8, 4) is 0 Å². The fourth-order valence-corrected chi connectivity index (χ4v) is 6.48. The van der Waals surface area contributed by atoms with Gasteiger partial charge in [0.1, 0.15) is 0 Å². The molecule has 0 spiro atoms. The van der Waals surface area contributed by atoms with Crippen molar-refractivity contribution >= 4 is 5.78 Å². The van der Waals surface area contributed by atoms with Crippen molar-refractivity contribution in [2.75, 3.05) is 0 Å². The Morgan fingerprint density at radius 1 is 1.12 bits per heavy atom. The molecule has 4 aliphatic rings. The first kappa shape index (κ1) is 16.5. The Bertz CT molecular complexity index is 648. The summed E-state index contributed by atoms with van der Waals surface area (Å²) in [5.74, 6) is 0.748. The summed E-state index contributed by atoms with van der Waals surface area (Å²) in [5.41, 5.74) is -0.843. The molecule has 3 fully saturated rings. The number of carbonyl (C=O) groups is 1. The van der Waals surface area contributed by atoms with E-state index in [1.54, 1.807) is 19.1 Å². The SMILES string of the molecule is C[C@]12C=CC(=O)C=C1[C@H](O)C[C@@H]1[C@@H]2CC[C@@]2(C)[C@H]1C[C@@H](O)[C@]2(C)O. The molecule has 0 aromatic rings. The fraction of sp³-hybridized carbons (Fsp3) is 0.750. The predicted molar refractivity (Wildman–Crippen MR) is 90.0 cm³/mol. The number of aliphatic hydroxyl groups excluding tert-OH is 2. The first-order valence-corrected chi connectivity index (χ1v) is 9.15. The highest BCUT2D eigenvalue weighted by molar-refractivity contribution is 6.01. The Morgan fingerprint density at radius 3 is 2.54 bits per heavy atom. The molecule has 0 radical (unpaired) electrons. The molecule has 0 aromatic heterocycles. The zero-order chi connectivity index (χ0) is 17.5. The van der Waals surface area contributed by atoms with Gasteiger partial charge in [0.05, 0.1) is 17.8 Å². The minimum absolute atomic E-state index is 0.0418. The molecule has 3 saturated carbocycles. The first-order chi connectivity index (χ1) is 11.1. The maximum absolute atomic E-state index is 11.8. The number of fused-ring (bicyclic) bond motifs is 5. The van der Waals surface area contributed by atoms with E-state index in [0.717, 1.165) is 18.4 Å². The predicted octanol–water partition coefficient (Wildman–Crippen LogP) is 1.99. The van der Waals surface area contributed by atoms with Crippen LogP contribution in [0.3, 0.4) is 0 Å². The van der Waals surface area contributed by atoms with E-state index in [1.165, 1.54) is 0 Å². The molecular formula is C20H28O4. The Morgan fingerprint density at radius 2 is 1.83 bits per heavy atom. The van der Waals surface area contributed by atoms with Crippen LogP contribution in [0.2, 0.25) is 0 Å². The second kappa shape index (κ2) is 4.80. The van der Waals surface area contributed by atoms with Crippen molar-refractivity contribution in [3.05, 3.63) is 23.8 Å². The van der Waals surface area contributed by atoms with E-state index in [2.05, 4.69) is 13.8 Å². The molecule has 0 amide bonds. The number of allylic oxidation sites excluding steroid dienone is 3. The van der Waals surface area contributed by atoms with Gasteiger partial charge in [-0.05, 0) is 68.1 Å². The second-order valence-corrected chi connectivity index (χ2v) is 9.10. The number of carbonyl (C=O) groups excluding carboxylic acids is 1. The number of ketones is 1. The molecule has 132 valence electrons. The molecule has 0 aliphatic heterocycles. The van der Waals surface area contributed by atoms with E-state index in [-0.39, 0.29) is 28.4 Å². The van der Waals surface area contributed by atoms with Gasteiger partial charge >= 0.3 is 0 Å². The standard InChI is InChI=1S/C20H28O4/c1-18-6-4-11(21)8-15(18)16(22)9-12-13(18)5-7-19(2)14(12)10-17(23)20(19,3)24/h4,6,8,12-14,16-17,22-24H,5,7,9-10H2,1-3H3/t12-,13+,14+,16-,17-,18-,19+,20+/m1/s1. The lowest BCUT2D eigenvalue weighted by Gasteiger charge is -2.58. The van der Waals surface area contributed by atoms with Gasteiger partial charge in [0, 0.05) is 10.8 Å². The highest BCUT2D eigenvalue weighted by Crippen LogP contribution is 2.66. The van der Waals surface area contributed by atoms with Crippen LogP contribution in [0.15, 0.2) is 23.8 Å². The minimum Gasteiger partial charge on any atom is -0.390 e. The summed E-state index contributed by atoms with van der Waals surface area (Å²) in [4.78, 5) is 11.8. The summed E-state index contributed by atoms with van der Waals surface area (Å²) in [6.45, 7) is 6.00. The summed E-state index contributed by atoms with van der Waals surface area (Å²) >= 11 is 0. The minimum atomic E-state index is -1.08. The third kappa shape index (κ3) is 1.82. The van der Waals surface area contributed by atoms with Gasteiger partial charge < -0.3 is 15.3 Å². The smallest absolute Gasteiger partial charge is 0.178 e. The van der Waals surface area contributed by atoms with Crippen molar-refractivity contribution in [3.63, 3.8) is 0 Å². The van der Waals surface area contributed by atoms with Gasteiger partial charge in [-0.25, -0.2) is 0 Å². The molecule has 4 rings (SSSR count). The van der Waals surface area contributed by atoms with Crippen molar-refractivity contribution in [2.24, 2.45) is 28.6 Å². The summed E-state index contributed by atoms with van der Waals surface area (Å²) < 4.78 is 0. The lowest BCUT2D eigenvalue weighted by Crippen LogP contribution is -2.56. The Hall–Kier alpha value is -0.970. The van der Waals surface area contributed by atoms with Crippen molar-refractivity contribution in [1.82, 2.24) is 0 Å². The molecule has 24 heavy (non-hydrogen) atoms. The van der Waals surface area contributed by atoms with Crippen LogP contribution < -0.4 is 0 Å². The van der Waals surface area contributed by atoms with Crippen molar-refractivity contribution in [2.45, 2.75) is 64.3 Å². The average molecular weight is 332 g/mol. The number of rotatable bonds is 0. The van der Waals surface area contributed by atoms with Crippen molar-refractivity contribution < 1.29 is 20.1 Å². The quantitative estimate of drug-likeness (QED) is 0.634. The van der Waals surface area contributed by atoms with E-state index >= 15 is 0 Å². The fourth-order valence-electron chi connectivity index (χ4n) is 6.48. The van der Waals surface area contributed by atoms with Crippen LogP contribution in [0.5, 0.6) is 0 Å². The van der Waals surface area contributed by atoms with E-state index in [4.69, 9.17) is 0 Å². The monoisotopic (exact) mass is 332 g/mol. The molecule has 4 nitrogen and oxygen atoms in total. The first-order valence-electron chi connectivity index (χ1n) is 9.15. The zero-order valence-corrected chi connectivity index (χ0v) is 14.7. The third-order valence-corrected chi connectivity index (χ3v) is 8.25. The van der Waals surface area contributed by atoms with E-state index < -0.39 is 17.8 Å². The third-order valence-electron chi connectivity index (χ3n) is 8.25. The molecule has 8 atom stereocenters. The Balaban J connectivity index is 1.76. The number of hydrogen-bond donors (Lipinski definition) is 3. The molecule has 0 bridgehead atoms. The lowest BCUT2D eigenvalue weighted by atomic mass is 9.47. The lowest BCUT2D eigenvalue weighted by molar-refractivity contribution is -0.144. The second-order valence-electron chi connectivity index (χ2n) is 9.10. The van der Waals surface area contributed by atoms with Crippen LogP contribution in [0.4, 0.5) is 0 Å². The van der Waals surface area contributed by atoms with Gasteiger partial charge in [0.2, 0.25) is 0 Å². The van der Waals surface area contributed by atoms with Crippen LogP contribution >= 0.6 is 0 Å². The topological polar surface area (TPSA) is 77.8 Å². The van der Waals surface area contributed by atoms with E-state index in [1.807, 2.05) is 6.08 Å². The van der Waals surface area contributed by atoms with Gasteiger partial charge in [0.15, 0.2) is 5.78 Å². The van der Waals surface area contributed by atoms with E-state index in [0.29, 0.717) is 18.8 Å². The molecule has 0 unspecified atom stereocenters. The maximum Gasteiger partial charge on any atom is 0.178 e. The highest BCUT2D eigenvalue weighted by atomic mass is 16.3. The molecular weight excluding hydrogens is 304 g/mol. The van der Waals surface area contributed by atoms with Gasteiger partial charge in [0.25, 0.3) is 0 Å². The number of hydrogen-bond acceptors (Lipinski definition) is 4. The van der Waals surface area contributed by atoms with Gasteiger partial charge in [-0.3, -0.25) is 4.79 Å². The summed E-state index contributed by atoms with van der Waals surface area (Å²) in [6, 6.07) is 0. The van der Waals surface area contributed by atoms with Crippen LogP contribution in [0.25, 0.3) is 0 Å². The van der Waals surface area contributed by atoms with Crippen LogP contribution in [-0.4, -0.2) is 38.9 Å². The summed E-state index contributed by atoms with van der Waals surface area (Å²) in [7, 11) is 0. The molecule has 4 aliphatic carbocycles. The zero-order valence-electron chi connectivity index (χ0n) is 14.7. The Labute approximate surface area is 143 Å².